The van der Waals surface area contributed by atoms with E-state index in [1.54, 1.807) is 11.6 Å². The fraction of sp³-hybridized carbons (Fsp3) is 0.429. The van der Waals surface area contributed by atoms with E-state index in [1.807, 2.05) is 50.3 Å². The average molecular weight is 416 g/mol. The molecule has 162 valence electrons. The summed E-state index contributed by atoms with van der Waals surface area (Å²) in [6.45, 7) is 3.66. The van der Waals surface area contributed by atoms with Gasteiger partial charge in [0.15, 0.2) is 0 Å². The molecule has 9 heteroatoms. The Hall–Kier alpha value is -3.20. The number of rotatable bonds is 9. The molecule has 2 atom stereocenters. The predicted molar refractivity (Wildman–Crippen MR) is 109 cm³/mol. The van der Waals surface area contributed by atoms with Crippen LogP contribution in [0.4, 0.5) is 4.79 Å². The highest BCUT2D eigenvalue weighted by Crippen LogP contribution is 2.26. The lowest BCUT2D eigenvalue weighted by atomic mass is 9.82. The van der Waals surface area contributed by atoms with Gasteiger partial charge in [-0.05, 0) is 24.3 Å². The number of carbonyl (C=O) groups is 4. The Bertz CT molecular complexity index is 809. The maximum absolute atomic E-state index is 13.0. The summed E-state index contributed by atoms with van der Waals surface area (Å²) in [6, 6.07) is 8.82. The number of nitrogens with one attached hydrogen (secondary N) is 2. The highest BCUT2D eigenvalue weighted by atomic mass is 16.5. The zero-order valence-electron chi connectivity index (χ0n) is 17.4. The van der Waals surface area contributed by atoms with E-state index in [4.69, 9.17) is 0 Å². The third-order valence-corrected chi connectivity index (χ3v) is 4.86. The van der Waals surface area contributed by atoms with Crippen molar-refractivity contribution in [2.45, 2.75) is 26.7 Å². The lowest BCUT2D eigenvalue weighted by Gasteiger charge is -2.27. The van der Waals surface area contributed by atoms with Gasteiger partial charge in [-0.15, -0.1) is 0 Å². The molecule has 0 bridgehead atoms. The smallest absolute Gasteiger partial charge is 0.316 e. The van der Waals surface area contributed by atoms with E-state index < -0.39 is 35.6 Å². The van der Waals surface area contributed by atoms with Gasteiger partial charge in [-0.1, -0.05) is 56.3 Å². The van der Waals surface area contributed by atoms with Crippen molar-refractivity contribution in [3.8, 4) is 0 Å². The minimum atomic E-state index is -0.886. The summed E-state index contributed by atoms with van der Waals surface area (Å²) in [5.74, 6) is -3.56. The number of nitrogens with zero attached hydrogens (tertiary/aromatic N) is 2. The summed E-state index contributed by atoms with van der Waals surface area (Å²) in [5.41, 5.74) is 4.91. The molecular formula is C21H28N4O5. The molecule has 0 saturated carbocycles. The molecule has 3 N–H and O–H groups in total. The first-order valence-electron chi connectivity index (χ1n) is 9.78. The molecule has 1 aliphatic heterocycles. The zero-order chi connectivity index (χ0) is 22.3. The van der Waals surface area contributed by atoms with Crippen LogP contribution in [0.25, 0.3) is 6.08 Å². The van der Waals surface area contributed by atoms with Gasteiger partial charge in [-0.25, -0.2) is 10.3 Å². The summed E-state index contributed by atoms with van der Waals surface area (Å²) in [4.78, 5) is 50.6. The molecule has 1 unspecified atom stereocenters. The lowest BCUT2D eigenvalue weighted by Crippen LogP contribution is -2.51. The van der Waals surface area contributed by atoms with E-state index in [9.17, 15) is 24.4 Å². The summed E-state index contributed by atoms with van der Waals surface area (Å²) in [7, 11) is 1.45. The van der Waals surface area contributed by atoms with Gasteiger partial charge in [-0.2, -0.15) is 5.01 Å². The van der Waals surface area contributed by atoms with Crippen molar-refractivity contribution in [2.24, 2.45) is 17.8 Å². The van der Waals surface area contributed by atoms with Crippen molar-refractivity contribution in [1.29, 1.82) is 0 Å². The number of likely N-dealkylation sites (N-methyl/N-ethyl adjacent to an activating group) is 1. The molecule has 0 aromatic heterocycles. The van der Waals surface area contributed by atoms with Crippen LogP contribution < -0.4 is 10.9 Å². The van der Waals surface area contributed by atoms with E-state index in [-0.39, 0.29) is 18.9 Å². The van der Waals surface area contributed by atoms with Crippen LogP contribution in [-0.4, -0.2) is 52.5 Å². The van der Waals surface area contributed by atoms with E-state index >= 15 is 0 Å². The number of hydrazine groups is 1. The lowest BCUT2D eigenvalue weighted by molar-refractivity contribution is -0.144. The van der Waals surface area contributed by atoms with Gasteiger partial charge >= 0.3 is 6.03 Å². The van der Waals surface area contributed by atoms with Crippen molar-refractivity contribution in [3.05, 3.63) is 42.0 Å². The van der Waals surface area contributed by atoms with Crippen LogP contribution in [0.5, 0.6) is 0 Å². The summed E-state index contributed by atoms with van der Waals surface area (Å²) < 4.78 is 0. The molecule has 1 aromatic carbocycles. The molecule has 1 aromatic rings. The quantitative estimate of drug-likeness (QED) is 0.322. The van der Waals surface area contributed by atoms with Crippen LogP contribution in [0.2, 0.25) is 0 Å². The second kappa shape index (κ2) is 10.5. The van der Waals surface area contributed by atoms with Crippen LogP contribution in [0, 0.1) is 17.8 Å². The number of amides is 5. The molecule has 9 nitrogen and oxygen atoms in total. The SMILES string of the molecule is CC(C)C[C@@H](C(=O)NN1C(=O)CN(C)C1=O)C(C/C=C/c1ccccc1)C(=O)NO. The molecule has 1 saturated heterocycles. The third kappa shape index (κ3) is 5.90. The number of benzene rings is 1. The van der Waals surface area contributed by atoms with Gasteiger partial charge in [0.05, 0.1) is 11.8 Å². The largest absolute Gasteiger partial charge is 0.346 e. The molecular weight excluding hydrogens is 388 g/mol. The van der Waals surface area contributed by atoms with E-state index in [0.717, 1.165) is 5.56 Å². The Labute approximate surface area is 175 Å². The minimum absolute atomic E-state index is 0.0560. The van der Waals surface area contributed by atoms with Crippen LogP contribution in [0.1, 0.15) is 32.3 Å². The fourth-order valence-electron chi connectivity index (χ4n) is 3.34. The summed E-state index contributed by atoms with van der Waals surface area (Å²) in [5, 5.41) is 9.88. The van der Waals surface area contributed by atoms with Crippen LogP contribution >= 0.6 is 0 Å². The molecule has 1 fully saturated rings. The first-order chi connectivity index (χ1) is 14.2. The highest BCUT2D eigenvalue weighted by molar-refractivity contribution is 6.03. The molecule has 30 heavy (non-hydrogen) atoms. The zero-order valence-corrected chi connectivity index (χ0v) is 17.4. The van der Waals surface area contributed by atoms with Gasteiger partial charge in [0, 0.05) is 7.05 Å². The van der Waals surface area contributed by atoms with E-state index in [0.29, 0.717) is 11.4 Å². The number of allylic oxidation sites excluding steroid dienone is 1. The molecule has 5 amide bonds. The van der Waals surface area contributed by atoms with Crippen LogP contribution in [-0.2, 0) is 14.4 Å². The van der Waals surface area contributed by atoms with Gasteiger partial charge in [0.2, 0.25) is 11.8 Å². The van der Waals surface area contributed by atoms with Gasteiger partial charge in [0.25, 0.3) is 5.91 Å². The highest BCUT2D eigenvalue weighted by Gasteiger charge is 2.39. The first kappa shape index (κ1) is 23.1. The minimum Gasteiger partial charge on any atom is -0.316 e. The molecule has 0 radical (unpaired) electrons. The molecule has 1 heterocycles. The fourth-order valence-corrected chi connectivity index (χ4v) is 3.34. The number of hydrogen-bond donors (Lipinski definition) is 3. The second-order valence-electron chi connectivity index (χ2n) is 7.71. The average Bonchev–Trinajstić information content (AvgIpc) is 2.95. The Morgan fingerprint density at radius 2 is 1.80 bits per heavy atom. The standard InChI is InChI=1S/C21H28N4O5/c1-14(2)12-17(19(27)22-25-18(26)13-24(3)21(25)29)16(20(28)23-30)11-7-10-15-8-5-4-6-9-15/h4-10,14,16-17,30H,11-13H2,1-3H3,(H,22,27)(H,23,28)/b10-7+/t16?,17-/m1/s1. The van der Waals surface area contributed by atoms with Crippen LogP contribution in [0.15, 0.2) is 36.4 Å². The predicted octanol–water partition coefficient (Wildman–Crippen LogP) is 1.80. The number of carbonyl (C=O) groups excluding carboxylic acids is 4. The van der Waals surface area contributed by atoms with Gasteiger partial charge < -0.3 is 4.90 Å². The summed E-state index contributed by atoms with van der Waals surface area (Å²) in [6.07, 6.45) is 4.10. The number of imide groups is 1. The van der Waals surface area contributed by atoms with Crippen LogP contribution in [0.3, 0.4) is 0 Å². The van der Waals surface area contributed by atoms with Gasteiger partial charge in [-0.3, -0.25) is 25.0 Å². The van der Waals surface area contributed by atoms with Crippen molar-refractivity contribution in [2.75, 3.05) is 13.6 Å². The monoisotopic (exact) mass is 416 g/mol. The van der Waals surface area contributed by atoms with E-state index in [1.165, 1.54) is 11.9 Å². The second-order valence-corrected chi connectivity index (χ2v) is 7.71. The topological polar surface area (TPSA) is 119 Å². The Kier molecular flexibility index (Phi) is 8.11. The van der Waals surface area contributed by atoms with E-state index in [2.05, 4.69) is 5.43 Å². The van der Waals surface area contributed by atoms with Crippen molar-refractivity contribution >= 4 is 29.8 Å². The van der Waals surface area contributed by atoms with Crippen molar-refractivity contribution in [1.82, 2.24) is 20.8 Å². The summed E-state index contributed by atoms with van der Waals surface area (Å²) >= 11 is 0. The van der Waals surface area contributed by atoms with Gasteiger partial charge in [0.1, 0.15) is 6.54 Å². The molecule has 0 aliphatic carbocycles. The Morgan fingerprint density at radius 3 is 2.33 bits per heavy atom. The van der Waals surface area contributed by atoms with Crippen molar-refractivity contribution < 1.29 is 24.4 Å². The Morgan fingerprint density at radius 1 is 1.13 bits per heavy atom. The maximum atomic E-state index is 13.0. The first-order valence-corrected chi connectivity index (χ1v) is 9.78. The molecule has 0 spiro atoms. The molecule has 1 aliphatic rings. The Balaban J connectivity index is 2.21. The normalized spacial score (nSPS) is 16.3. The molecule has 2 rings (SSSR count). The maximum Gasteiger partial charge on any atom is 0.346 e. The number of hydroxylamine groups is 1. The number of urea groups is 1. The number of hydrogen-bond acceptors (Lipinski definition) is 5. The third-order valence-electron chi connectivity index (χ3n) is 4.86. The van der Waals surface area contributed by atoms with Crippen molar-refractivity contribution in [3.63, 3.8) is 0 Å².